The highest BCUT2D eigenvalue weighted by atomic mass is 32.2. The van der Waals surface area contributed by atoms with Crippen LogP contribution in [0.2, 0.25) is 0 Å². The van der Waals surface area contributed by atoms with E-state index in [4.69, 9.17) is 0 Å². The molecule has 2 aromatic rings. The van der Waals surface area contributed by atoms with E-state index in [2.05, 4.69) is 26.8 Å². The average Bonchev–Trinajstić information content (AvgIpc) is 3.22. The quantitative estimate of drug-likeness (QED) is 0.748. The number of thioether (sulfide) groups is 1. The molecular formula is C18H21N5OS. The molecule has 1 aliphatic carbocycles. The molecule has 4 rings (SSSR count). The number of hydrazone groups is 1. The molecule has 1 aromatic carbocycles. The number of nitrogens with zero attached hydrogens (tertiary/aromatic N) is 5. The van der Waals surface area contributed by atoms with Crippen molar-refractivity contribution in [2.45, 2.75) is 43.8 Å². The summed E-state index contributed by atoms with van der Waals surface area (Å²) in [6.45, 7) is 3.59. The Labute approximate surface area is 151 Å². The number of aromatic nitrogens is 3. The van der Waals surface area contributed by atoms with Crippen molar-refractivity contribution < 1.29 is 4.79 Å². The summed E-state index contributed by atoms with van der Waals surface area (Å²) < 4.78 is 2.14. The molecule has 1 saturated carbocycles. The zero-order chi connectivity index (χ0) is 17.2. The minimum Gasteiger partial charge on any atom is -0.306 e. The lowest BCUT2D eigenvalue weighted by Crippen LogP contribution is -2.25. The molecule has 2 aliphatic rings. The van der Waals surface area contributed by atoms with Gasteiger partial charge in [0.25, 0.3) is 5.91 Å². The average molecular weight is 355 g/mol. The summed E-state index contributed by atoms with van der Waals surface area (Å²) in [6.07, 6.45) is 3.20. The zero-order valence-corrected chi connectivity index (χ0v) is 15.1. The maximum atomic E-state index is 12.5. The summed E-state index contributed by atoms with van der Waals surface area (Å²) >= 11 is 1.46. The van der Waals surface area contributed by atoms with Gasteiger partial charge in [0.2, 0.25) is 0 Å². The second kappa shape index (κ2) is 7.00. The lowest BCUT2D eigenvalue weighted by Gasteiger charge is -2.11. The van der Waals surface area contributed by atoms with Crippen LogP contribution in [0.1, 0.15) is 43.5 Å². The van der Waals surface area contributed by atoms with Gasteiger partial charge < -0.3 is 4.57 Å². The number of hydrogen-bond donors (Lipinski definition) is 0. The second-order valence-corrected chi connectivity index (χ2v) is 7.27. The standard InChI is InChI=1S/C18H21N5OS/c1-2-22-17(14-8-9-14)19-20-18(22)25-12-16(24)23-11-10-15(21-23)13-6-4-3-5-7-13/h3-7,14H,2,8-12H2,1H3. The number of carbonyl (C=O) groups excluding carboxylic acids is 1. The van der Waals surface area contributed by atoms with Crippen LogP contribution in [0.15, 0.2) is 40.6 Å². The molecule has 1 aliphatic heterocycles. The highest BCUT2D eigenvalue weighted by Crippen LogP contribution is 2.40. The number of carbonyl (C=O) groups is 1. The van der Waals surface area contributed by atoms with Crippen LogP contribution in [0.25, 0.3) is 0 Å². The molecule has 1 fully saturated rings. The summed E-state index contributed by atoms with van der Waals surface area (Å²) in [4.78, 5) is 12.5. The number of rotatable bonds is 6. The Morgan fingerprint density at radius 1 is 1.24 bits per heavy atom. The highest BCUT2D eigenvalue weighted by Gasteiger charge is 2.30. The lowest BCUT2D eigenvalue weighted by molar-refractivity contribution is -0.127. The molecular weight excluding hydrogens is 334 g/mol. The Balaban J connectivity index is 1.39. The molecule has 7 heteroatoms. The van der Waals surface area contributed by atoms with Crippen LogP contribution in [0.5, 0.6) is 0 Å². The smallest absolute Gasteiger partial charge is 0.253 e. The monoisotopic (exact) mass is 355 g/mol. The van der Waals surface area contributed by atoms with Crippen LogP contribution < -0.4 is 0 Å². The van der Waals surface area contributed by atoms with Gasteiger partial charge in [0, 0.05) is 18.9 Å². The Morgan fingerprint density at radius 2 is 2.04 bits per heavy atom. The third kappa shape index (κ3) is 3.46. The number of hydrogen-bond acceptors (Lipinski definition) is 5. The Morgan fingerprint density at radius 3 is 2.76 bits per heavy atom. The van der Waals surface area contributed by atoms with Gasteiger partial charge in [0.1, 0.15) is 5.82 Å². The molecule has 1 amide bonds. The molecule has 0 unspecified atom stereocenters. The van der Waals surface area contributed by atoms with E-state index < -0.39 is 0 Å². The third-order valence-electron chi connectivity index (χ3n) is 4.53. The Bertz CT molecular complexity index is 797. The van der Waals surface area contributed by atoms with Gasteiger partial charge in [-0.25, -0.2) is 5.01 Å². The van der Waals surface area contributed by atoms with Crippen molar-refractivity contribution in [1.82, 2.24) is 19.8 Å². The first-order valence-electron chi connectivity index (χ1n) is 8.75. The summed E-state index contributed by atoms with van der Waals surface area (Å²) in [5.41, 5.74) is 2.07. The van der Waals surface area contributed by atoms with Crippen molar-refractivity contribution >= 4 is 23.4 Å². The normalized spacial score (nSPS) is 17.0. The van der Waals surface area contributed by atoms with Gasteiger partial charge in [-0.1, -0.05) is 42.1 Å². The molecule has 0 bridgehead atoms. The van der Waals surface area contributed by atoms with Crippen LogP contribution in [0, 0.1) is 0 Å². The topological polar surface area (TPSA) is 63.4 Å². The van der Waals surface area contributed by atoms with Gasteiger partial charge in [-0.3, -0.25) is 4.79 Å². The van der Waals surface area contributed by atoms with E-state index in [0.29, 0.717) is 18.2 Å². The fraction of sp³-hybridized carbons (Fsp3) is 0.444. The Kier molecular flexibility index (Phi) is 4.57. The summed E-state index contributed by atoms with van der Waals surface area (Å²) in [5.74, 6) is 2.00. The maximum Gasteiger partial charge on any atom is 0.253 e. The van der Waals surface area contributed by atoms with Gasteiger partial charge in [-0.15, -0.1) is 10.2 Å². The molecule has 1 aromatic heterocycles. The molecule has 6 nitrogen and oxygen atoms in total. The predicted molar refractivity (Wildman–Crippen MR) is 97.7 cm³/mol. The van der Waals surface area contributed by atoms with Crippen molar-refractivity contribution in [3.63, 3.8) is 0 Å². The van der Waals surface area contributed by atoms with E-state index in [1.54, 1.807) is 5.01 Å². The van der Waals surface area contributed by atoms with Gasteiger partial charge in [0.15, 0.2) is 5.16 Å². The largest absolute Gasteiger partial charge is 0.306 e. The van der Waals surface area contributed by atoms with Crippen molar-refractivity contribution in [3.05, 3.63) is 41.7 Å². The van der Waals surface area contributed by atoms with Crippen LogP contribution in [0.4, 0.5) is 0 Å². The molecule has 0 saturated heterocycles. The van der Waals surface area contributed by atoms with E-state index in [1.807, 2.05) is 30.3 Å². The molecule has 2 heterocycles. The van der Waals surface area contributed by atoms with Crippen LogP contribution in [-0.2, 0) is 11.3 Å². The molecule has 0 radical (unpaired) electrons. The zero-order valence-electron chi connectivity index (χ0n) is 14.3. The van der Waals surface area contributed by atoms with Gasteiger partial charge >= 0.3 is 0 Å². The van der Waals surface area contributed by atoms with Crippen molar-refractivity contribution in [2.24, 2.45) is 5.10 Å². The number of benzene rings is 1. The van der Waals surface area contributed by atoms with Gasteiger partial charge in [-0.05, 0) is 25.3 Å². The predicted octanol–water partition coefficient (Wildman–Crippen LogP) is 2.90. The maximum absolute atomic E-state index is 12.5. The van der Waals surface area contributed by atoms with Crippen molar-refractivity contribution in [1.29, 1.82) is 0 Å². The van der Waals surface area contributed by atoms with Crippen LogP contribution in [-0.4, -0.2) is 43.7 Å². The van der Waals surface area contributed by atoms with Crippen molar-refractivity contribution in [3.8, 4) is 0 Å². The van der Waals surface area contributed by atoms with E-state index >= 15 is 0 Å². The first-order chi connectivity index (χ1) is 12.3. The summed E-state index contributed by atoms with van der Waals surface area (Å²) in [7, 11) is 0. The molecule has 130 valence electrons. The molecule has 0 spiro atoms. The molecule has 25 heavy (non-hydrogen) atoms. The van der Waals surface area contributed by atoms with Gasteiger partial charge in [0.05, 0.1) is 18.0 Å². The minimum atomic E-state index is 0.0227. The van der Waals surface area contributed by atoms with Crippen LogP contribution in [0.3, 0.4) is 0 Å². The number of amides is 1. The van der Waals surface area contributed by atoms with E-state index in [-0.39, 0.29) is 5.91 Å². The third-order valence-corrected chi connectivity index (χ3v) is 5.48. The fourth-order valence-electron chi connectivity index (χ4n) is 3.02. The first kappa shape index (κ1) is 16.3. The highest BCUT2D eigenvalue weighted by molar-refractivity contribution is 7.99. The van der Waals surface area contributed by atoms with Gasteiger partial charge in [-0.2, -0.15) is 5.10 Å². The van der Waals surface area contributed by atoms with Crippen molar-refractivity contribution in [2.75, 3.05) is 12.3 Å². The summed E-state index contributed by atoms with van der Waals surface area (Å²) in [6, 6.07) is 10.0. The Hall–Kier alpha value is -2.15. The molecule has 0 atom stereocenters. The minimum absolute atomic E-state index is 0.0227. The lowest BCUT2D eigenvalue weighted by atomic mass is 10.1. The molecule has 0 N–H and O–H groups in total. The van der Waals surface area contributed by atoms with E-state index in [0.717, 1.165) is 35.2 Å². The van der Waals surface area contributed by atoms with Crippen LogP contribution >= 0.6 is 11.8 Å². The summed E-state index contributed by atoms with van der Waals surface area (Å²) in [5, 5.41) is 15.5. The SMILES string of the molecule is CCn1c(SCC(=O)N2CCC(c3ccccc3)=N2)nnc1C1CC1. The fourth-order valence-corrected chi connectivity index (χ4v) is 3.90. The second-order valence-electron chi connectivity index (χ2n) is 6.33. The van der Waals surface area contributed by atoms with E-state index in [9.17, 15) is 4.79 Å². The van der Waals surface area contributed by atoms with E-state index in [1.165, 1.54) is 24.6 Å². The first-order valence-corrected chi connectivity index (χ1v) is 9.74.